The lowest BCUT2D eigenvalue weighted by Gasteiger charge is -1.95. The van der Waals surface area contributed by atoms with E-state index in [4.69, 9.17) is 10.1 Å². The van der Waals surface area contributed by atoms with E-state index in [1.54, 1.807) is 7.05 Å². The summed E-state index contributed by atoms with van der Waals surface area (Å²) in [6, 6.07) is 2.02. The van der Waals surface area contributed by atoms with Crippen molar-refractivity contribution >= 4 is 0 Å². The number of nitrogens with one attached hydrogen (secondary N) is 1. The first kappa shape index (κ1) is 7.41. The van der Waals surface area contributed by atoms with Crippen molar-refractivity contribution in [1.29, 1.82) is 5.26 Å². The lowest BCUT2D eigenvalue weighted by molar-refractivity contribution is 0.0569. The summed E-state index contributed by atoms with van der Waals surface area (Å²) >= 11 is 0. The van der Waals surface area contributed by atoms with Gasteiger partial charge in [0.1, 0.15) is 0 Å². The normalized spacial score (nSPS) is 8.50. The average Bonchev–Trinajstić information content (AvgIpc) is 1.81. The van der Waals surface area contributed by atoms with Crippen LogP contribution in [-0.2, 0) is 4.84 Å². The number of hydroxylamine groups is 1. The van der Waals surface area contributed by atoms with Gasteiger partial charge in [-0.2, -0.15) is 5.26 Å². The maximum Gasteiger partial charge on any atom is 0.0691 e. The van der Waals surface area contributed by atoms with E-state index in [1.807, 2.05) is 6.07 Å². The van der Waals surface area contributed by atoms with Gasteiger partial charge in [-0.3, -0.25) is 0 Å². The summed E-state index contributed by atoms with van der Waals surface area (Å²) in [4.78, 5) is 4.73. The Morgan fingerprint density at radius 3 is 3.00 bits per heavy atom. The first-order valence-corrected chi connectivity index (χ1v) is 2.57. The zero-order valence-electron chi connectivity index (χ0n) is 4.98. The topological polar surface area (TPSA) is 45.0 Å². The van der Waals surface area contributed by atoms with Gasteiger partial charge in [0.15, 0.2) is 0 Å². The van der Waals surface area contributed by atoms with Gasteiger partial charge in [-0.05, 0) is 6.42 Å². The van der Waals surface area contributed by atoms with Crippen molar-refractivity contribution in [1.82, 2.24) is 5.48 Å². The highest BCUT2D eigenvalue weighted by Crippen LogP contribution is 1.83. The quantitative estimate of drug-likeness (QED) is 0.426. The van der Waals surface area contributed by atoms with Crippen LogP contribution in [0.5, 0.6) is 0 Å². The monoisotopic (exact) mass is 114 g/mol. The van der Waals surface area contributed by atoms with E-state index in [0.717, 1.165) is 6.42 Å². The summed E-state index contributed by atoms with van der Waals surface area (Å²) in [5.41, 5.74) is 2.52. The number of nitriles is 1. The molecule has 0 amide bonds. The van der Waals surface area contributed by atoms with Crippen LogP contribution in [0.3, 0.4) is 0 Å². The predicted molar refractivity (Wildman–Crippen MR) is 29.9 cm³/mol. The molecule has 0 heterocycles. The molecule has 8 heavy (non-hydrogen) atoms. The fraction of sp³-hybridized carbons (Fsp3) is 0.800. The Bertz CT molecular complexity index is 77.0. The average molecular weight is 114 g/mol. The third kappa shape index (κ3) is 5.41. The van der Waals surface area contributed by atoms with E-state index in [9.17, 15) is 0 Å². The number of unbranched alkanes of at least 4 members (excludes halogenated alkanes) is 1. The fourth-order valence-corrected chi connectivity index (χ4v) is 0.325. The zero-order chi connectivity index (χ0) is 6.24. The molecule has 0 atom stereocenters. The minimum absolute atomic E-state index is 0.571. The van der Waals surface area contributed by atoms with E-state index in [-0.39, 0.29) is 0 Å². The molecule has 0 saturated heterocycles. The predicted octanol–water partition coefficient (Wildman–Crippen LogP) is 0.441. The smallest absolute Gasteiger partial charge is 0.0691 e. The van der Waals surface area contributed by atoms with Crippen molar-refractivity contribution in [3.05, 3.63) is 0 Å². The van der Waals surface area contributed by atoms with Crippen molar-refractivity contribution in [2.24, 2.45) is 0 Å². The van der Waals surface area contributed by atoms with Crippen LogP contribution in [-0.4, -0.2) is 13.7 Å². The molecule has 3 nitrogen and oxygen atoms in total. The molecule has 46 valence electrons. The number of nitrogens with zero attached hydrogens (tertiary/aromatic N) is 1. The van der Waals surface area contributed by atoms with Gasteiger partial charge in [0.2, 0.25) is 0 Å². The molecule has 0 aliphatic rings. The molecule has 0 unspecified atom stereocenters. The molecule has 3 heteroatoms. The molecule has 0 aromatic rings. The molecule has 1 N–H and O–H groups in total. The summed E-state index contributed by atoms with van der Waals surface area (Å²) in [5.74, 6) is 0. The zero-order valence-corrected chi connectivity index (χ0v) is 4.98. The van der Waals surface area contributed by atoms with Gasteiger partial charge in [-0.1, -0.05) is 0 Å². The standard InChI is InChI=1S/C5H10N2O/c1-7-8-5-3-2-4-6/h7H,2-3,5H2,1H3. The van der Waals surface area contributed by atoms with Crippen LogP contribution in [0.2, 0.25) is 0 Å². The molecule has 0 bridgehead atoms. The number of hydrogen-bond acceptors (Lipinski definition) is 3. The van der Waals surface area contributed by atoms with Crippen molar-refractivity contribution in [3.8, 4) is 6.07 Å². The molecule has 0 radical (unpaired) electrons. The highest BCUT2D eigenvalue weighted by molar-refractivity contribution is 4.67. The number of hydrogen-bond donors (Lipinski definition) is 1. The Hall–Kier alpha value is -0.590. The molecular formula is C5H10N2O. The summed E-state index contributed by atoms with van der Waals surface area (Å²) in [6.07, 6.45) is 1.37. The lowest BCUT2D eigenvalue weighted by Crippen LogP contribution is -2.07. The summed E-state index contributed by atoms with van der Waals surface area (Å²) in [7, 11) is 1.70. The summed E-state index contributed by atoms with van der Waals surface area (Å²) < 4.78 is 0. The van der Waals surface area contributed by atoms with Crippen LogP contribution < -0.4 is 5.48 Å². The van der Waals surface area contributed by atoms with Gasteiger partial charge in [-0.15, -0.1) is 0 Å². The van der Waals surface area contributed by atoms with Gasteiger partial charge in [0.05, 0.1) is 12.7 Å². The Labute approximate surface area is 49.2 Å². The summed E-state index contributed by atoms with van der Waals surface area (Å²) in [5, 5.41) is 8.04. The van der Waals surface area contributed by atoms with E-state index in [1.165, 1.54) is 0 Å². The molecule has 0 aliphatic heterocycles. The molecule has 0 fully saturated rings. The van der Waals surface area contributed by atoms with Crippen molar-refractivity contribution in [2.75, 3.05) is 13.7 Å². The first-order chi connectivity index (χ1) is 3.91. The second-order valence-electron chi connectivity index (χ2n) is 1.31. The van der Waals surface area contributed by atoms with Crippen molar-refractivity contribution in [2.45, 2.75) is 12.8 Å². The van der Waals surface area contributed by atoms with Gasteiger partial charge in [0.25, 0.3) is 0 Å². The molecular weight excluding hydrogens is 104 g/mol. The Kier molecular flexibility index (Phi) is 5.94. The third-order valence-electron chi connectivity index (χ3n) is 0.679. The van der Waals surface area contributed by atoms with Gasteiger partial charge < -0.3 is 4.84 Å². The highest BCUT2D eigenvalue weighted by Gasteiger charge is 1.82. The van der Waals surface area contributed by atoms with E-state index >= 15 is 0 Å². The van der Waals surface area contributed by atoms with Crippen LogP contribution in [0.4, 0.5) is 0 Å². The molecule has 0 aromatic carbocycles. The Balaban J connectivity index is 2.65. The van der Waals surface area contributed by atoms with Crippen LogP contribution in [0.15, 0.2) is 0 Å². The van der Waals surface area contributed by atoms with Crippen molar-refractivity contribution < 1.29 is 4.84 Å². The molecule has 0 aromatic heterocycles. The lowest BCUT2D eigenvalue weighted by atomic mass is 10.4. The number of rotatable bonds is 4. The summed E-state index contributed by atoms with van der Waals surface area (Å²) in [6.45, 7) is 0.615. The van der Waals surface area contributed by atoms with Gasteiger partial charge in [-0.25, -0.2) is 5.48 Å². The van der Waals surface area contributed by atoms with Crippen LogP contribution >= 0.6 is 0 Å². The van der Waals surface area contributed by atoms with E-state index in [2.05, 4.69) is 5.48 Å². The van der Waals surface area contributed by atoms with Crippen LogP contribution in [0, 0.1) is 11.3 Å². The van der Waals surface area contributed by atoms with E-state index < -0.39 is 0 Å². The van der Waals surface area contributed by atoms with Crippen molar-refractivity contribution in [3.63, 3.8) is 0 Å². The first-order valence-electron chi connectivity index (χ1n) is 2.57. The fourth-order valence-electron chi connectivity index (χ4n) is 0.325. The highest BCUT2D eigenvalue weighted by atomic mass is 16.6. The minimum Gasteiger partial charge on any atom is -0.302 e. The minimum atomic E-state index is 0.571. The Morgan fingerprint density at radius 2 is 2.50 bits per heavy atom. The van der Waals surface area contributed by atoms with Gasteiger partial charge in [0, 0.05) is 13.5 Å². The van der Waals surface area contributed by atoms with Crippen LogP contribution in [0.1, 0.15) is 12.8 Å². The van der Waals surface area contributed by atoms with Crippen LogP contribution in [0.25, 0.3) is 0 Å². The second-order valence-corrected chi connectivity index (χ2v) is 1.31. The largest absolute Gasteiger partial charge is 0.302 e. The molecule has 0 aliphatic carbocycles. The molecule has 0 rings (SSSR count). The van der Waals surface area contributed by atoms with E-state index in [0.29, 0.717) is 13.0 Å². The maximum atomic E-state index is 8.04. The second kappa shape index (κ2) is 6.41. The van der Waals surface area contributed by atoms with Gasteiger partial charge >= 0.3 is 0 Å². The molecule has 0 saturated carbocycles. The molecule has 0 spiro atoms. The SMILES string of the molecule is CNOCCCC#N. The Morgan fingerprint density at radius 1 is 1.75 bits per heavy atom. The maximum absolute atomic E-state index is 8.04. The third-order valence-corrected chi connectivity index (χ3v) is 0.679.